The summed E-state index contributed by atoms with van der Waals surface area (Å²) >= 11 is 11.8. The minimum Gasteiger partial charge on any atom is -0.348 e. The van der Waals surface area contributed by atoms with Crippen LogP contribution >= 0.6 is 23.2 Å². The zero-order valence-corrected chi connectivity index (χ0v) is 13.0. The van der Waals surface area contributed by atoms with E-state index < -0.39 is 0 Å². The number of rotatable bonds is 4. The number of amides is 1. The summed E-state index contributed by atoms with van der Waals surface area (Å²) in [6, 6.07) is 8.12. The van der Waals surface area contributed by atoms with Crippen LogP contribution in [0, 0.1) is 0 Å². The van der Waals surface area contributed by atoms with Gasteiger partial charge in [0.15, 0.2) is 5.78 Å². The molecule has 1 atom stereocenters. The molecule has 6 heteroatoms. The van der Waals surface area contributed by atoms with Crippen LogP contribution in [0.5, 0.6) is 0 Å². The number of aromatic amines is 1. The number of carbonyl (C=O) groups is 2. The number of ketones is 1. The third kappa shape index (κ3) is 3.65. The molecule has 21 heavy (non-hydrogen) atoms. The van der Waals surface area contributed by atoms with Crippen molar-refractivity contribution in [1.82, 2.24) is 10.3 Å². The molecule has 2 aromatic rings. The minimum atomic E-state index is -0.291. The molecule has 1 aromatic heterocycles. The molecule has 0 bridgehead atoms. The zero-order valence-electron chi connectivity index (χ0n) is 11.5. The standard InChI is InChI=1S/C15H14Cl2N2O2/c1-8(10-3-4-11(16)12(17)7-10)18-15(21)14-6-5-13(19-14)9(2)20/h3-8,19H,1-2H3,(H,18,21)/t8-/m1/s1. The Kier molecular flexibility index (Phi) is 4.70. The second-order valence-corrected chi connectivity index (χ2v) is 5.52. The summed E-state index contributed by atoms with van der Waals surface area (Å²) in [5.74, 6) is -0.410. The van der Waals surface area contributed by atoms with Gasteiger partial charge in [0.25, 0.3) is 5.91 Å². The van der Waals surface area contributed by atoms with Crippen molar-refractivity contribution >= 4 is 34.9 Å². The van der Waals surface area contributed by atoms with Crippen LogP contribution in [-0.4, -0.2) is 16.7 Å². The lowest BCUT2D eigenvalue weighted by Crippen LogP contribution is -2.27. The van der Waals surface area contributed by atoms with Crippen molar-refractivity contribution in [3.05, 3.63) is 57.3 Å². The molecule has 0 saturated heterocycles. The van der Waals surface area contributed by atoms with Gasteiger partial charge in [0, 0.05) is 6.92 Å². The average molecular weight is 325 g/mol. The van der Waals surface area contributed by atoms with E-state index in [1.165, 1.54) is 6.92 Å². The SMILES string of the molecule is CC(=O)c1ccc(C(=O)N[C@H](C)c2ccc(Cl)c(Cl)c2)[nH]1. The second kappa shape index (κ2) is 6.33. The van der Waals surface area contributed by atoms with Gasteiger partial charge in [0.1, 0.15) is 5.69 Å². The predicted octanol–water partition coefficient (Wildman–Crippen LogP) is 4.02. The van der Waals surface area contributed by atoms with Crippen molar-refractivity contribution in [2.24, 2.45) is 0 Å². The van der Waals surface area contributed by atoms with Crippen LogP contribution in [0.25, 0.3) is 0 Å². The fraction of sp³-hybridized carbons (Fsp3) is 0.200. The predicted molar refractivity (Wildman–Crippen MR) is 83.1 cm³/mol. The number of aromatic nitrogens is 1. The number of H-pyrrole nitrogens is 1. The second-order valence-electron chi connectivity index (χ2n) is 4.71. The number of halogens is 2. The maximum atomic E-state index is 12.1. The van der Waals surface area contributed by atoms with E-state index in [4.69, 9.17) is 23.2 Å². The van der Waals surface area contributed by atoms with Gasteiger partial charge in [0.2, 0.25) is 0 Å². The molecular formula is C15H14Cl2N2O2. The first kappa shape index (κ1) is 15.6. The van der Waals surface area contributed by atoms with E-state index in [1.807, 2.05) is 6.92 Å². The Morgan fingerprint density at radius 1 is 1.10 bits per heavy atom. The molecule has 0 aliphatic heterocycles. The Morgan fingerprint density at radius 3 is 2.33 bits per heavy atom. The summed E-state index contributed by atoms with van der Waals surface area (Å²) < 4.78 is 0. The highest BCUT2D eigenvalue weighted by molar-refractivity contribution is 6.42. The molecule has 0 aliphatic rings. The van der Waals surface area contributed by atoms with Gasteiger partial charge in [0.05, 0.1) is 21.8 Å². The van der Waals surface area contributed by atoms with E-state index in [2.05, 4.69) is 10.3 Å². The molecule has 4 nitrogen and oxygen atoms in total. The van der Waals surface area contributed by atoms with Gasteiger partial charge in [-0.3, -0.25) is 9.59 Å². The Balaban J connectivity index is 2.10. The van der Waals surface area contributed by atoms with Gasteiger partial charge in [-0.15, -0.1) is 0 Å². The fourth-order valence-electron chi connectivity index (χ4n) is 1.87. The zero-order chi connectivity index (χ0) is 15.6. The van der Waals surface area contributed by atoms with Crippen LogP contribution in [-0.2, 0) is 0 Å². The van der Waals surface area contributed by atoms with Crippen molar-refractivity contribution in [3.63, 3.8) is 0 Å². The number of hydrogen-bond acceptors (Lipinski definition) is 2. The van der Waals surface area contributed by atoms with Gasteiger partial charge in [-0.1, -0.05) is 29.3 Å². The normalized spacial score (nSPS) is 12.0. The highest BCUT2D eigenvalue weighted by Crippen LogP contribution is 2.25. The number of hydrogen-bond donors (Lipinski definition) is 2. The molecule has 1 amide bonds. The van der Waals surface area contributed by atoms with Crippen molar-refractivity contribution in [3.8, 4) is 0 Å². The fourth-order valence-corrected chi connectivity index (χ4v) is 2.18. The number of nitrogens with one attached hydrogen (secondary N) is 2. The summed E-state index contributed by atoms with van der Waals surface area (Å²) in [6.07, 6.45) is 0. The van der Waals surface area contributed by atoms with Crippen LogP contribution in [0.2, 0.25) is 10.0 Å². The maximum absolute atomic E-state index is 12.1. The van der Waals surface area contributed by atoms with Gasteiger partial charge in [-0.2, -0.15) is 0 Å². The maximum Gasteiger partial charge on any atom is 0.268 e. The Hall–Kier alpha value is -1.78. The molecule has 2 N–H and O–H groups in total. The van der Waals surface area contributed by atoms with Crippen molar-refractivity contribution in [2.45, 2.75) is 19.9 Å². The molecule has 0 saturated carbocycles. The Labute approximate surface area is 132 Å². The van der Waals surface area contributed by atoms with Crippen molar-refractivity contribution in [2.75, 3.05) is 0 Å². The highest BCUT2D eigenvalue weighted by atomic mass is 35.5. The lowest BCUT2D eigenvalue weighted by Gasteiger charge is -2.14. The van der Waals surface area contributed by atoms with Gasteiger partial charge in [-0.25, -0.2) is 0 Å². The first-order valence-electron chi connectivity index (χ1n) is 6.34. The largest absolute Gasteiger partial charge is 0.348 e. The molecular weight excluding hydrogens is 311 g/mol. The summed E-state index contributed by atoms with van der Waals surface area (Å²) in [7, 11) is 0. The van der Waals surface area contributed by atoms with Gasteiger partial charge in [-0.05, 0) is 36.8 Å². The third-order valence-electron chi connectivity index (χ3n) is 3.10. The van der Waals surface area contributed by atoms with E-state index in [9.17, 15) is 9.59 Å². The monoisotopic (exact) mass is 324 g/mol. The number of Topliss-reactive ketones (excluding diaryl/α,β-unsaturated/α-hetero) is 1. The van der Waals surface area contributed by atoms with Crippen molar-refractivity contribution in [1.29, 1.82) is 0 Å². The molecule has 0 unspecified atom stereocenters. The molecule has 2 rings (SSSR count). The lowest BCUT2D eigenvalue weighted by molar-refractivity contribution is 0.0935. The molecule has 0 spiro atoms. The smallest absolute Gasteiger partial charge is 0.268 e. The number of carbonyl (C=O) groups excluding carboxylic acids is 2. The van der Waals surface area contributed by atoms with Crippen LogP contribution in [0.1, 0.15) is 46.4 Å². The Bertz CT molecular complexity index is 695. The first-order valence-corrected chi connectivity index (χ1v) is 7.10. The van der Waals surface area contributed by atoms with Gasteiger partial charge < -0.3 is 10.3 Å². The first-order chi connectivity index (χ1) is 9.88. The summed E-state index contributed by atoms with van der Waals surface area (Å²) in [4.78, 5) is 26.1. The third-order valence-corrected chi connectivity index (χ3v) is 3.84. The van der Waals surface area contributed by atoms with E-state index in [0.717, 1.165) is 5.56 Å². The van der Waals surface area contributed by atoms with E-state index in [-0.39, 0.29) is 17.7 Å². The Morgan fingerprint density at radius 2 is 1.76 bits per heavy atom. The molecule has 0 fully saturated rings. The quantitative estimate of drug-likeness (QED) is 0.834. The summed E-state index contributed by atoms with van der Waals surface area (Å²) in [6.45, 7) is 3.28. The topological polar surface area (TPSA) is 62.0 Å². The molecule has 1 aromatic carbocycles. The van der Waals surface area contributed by atoms with Crippen LogP contribution in [0.3, 0.4) is 0 Å². The summed E-state index contributed by atoms with van der Waals surface area (Å²) in [5.41, 5.74) is 1.59. The van der Waals surface area contributed by atoms with Crippen LogP contribution in [0.15, 0.2) is 30.3 Å². The lowest BCUT2D eigenvalue weighted by atomic mass is 10.1. The van der Waals surface area contributed by atoms with E-state index in [1.54, 1.807) is 30.3 Å². The minimum absolute atomic E-state index is 0.119. The number of benzene rings is 1. The summed E-state index contributed by atoms with van der Waals surface area (Å²) in [5, 5.41) is 3.73. The molecule has 1 heterocycles. The molecule has 0 aliphatic carbocycles. The molecule has 110 valence electrons. The van der Waals surface area contributed by atoms with Gasteiger partial charge >= 0.3 is 0 Å². The van der Waals surface area contributed by atoms with Crippen molar-refractivity contribution < 1.29 is 9.59 Å². The van der Waals surface area contributed by atoms with E-state index >= 15 is 0 Å². The average Bonchev–Trinajstić information content (AvgIpc) is 2.91. The highest BCUT2D eigenvalue weighted by Gasteiger charge is 2.14. The van der Waals surface area contributed by atoms with Crippen LogP contribution in [0.4, 0.5) is 0 Å². The van der Waals surface area contributed by atoms with E-state index in [0.29, 0.717) is 21.4 Å². The van der Waals surface area contributed by atoms with Crippen LogP contribution < -0.4 is 5.32 Å². The molecule has 0 radical (unpaired) electrons.